The highest BCUT2D eigenvalue weighted by Gasteiger charge is 2.37. The average Bonchev–Trinajstić information content (AvgIpc) is 3.47. The number of phenolic OH excluding ortho intramolecular Hbond substituents is 1. The van der Waals surface area contributed by atoms with Gasteiger partial charge in [0.1, 0.15) is 11.6 Å². The van der Waals surface area contributed by atoms with Gasteiger partial charge in [-0.15, -0.1) is 0 Å². The standard InChI is InChI=1S/C56H63N2O9P/c1-5-9-41(62)33-17-14-32(15-18-33)25-57-40-23-35(26-59)44-45-36(27-60)24-42(63)48-50(45)51-46-39(22-29(2)43(30(3)61)52(51)55(67-4)54(48)65)38(53(64)47(40)49(44)46)21-16-31-12-19-34(20-13-31)56(66)58-28-68-37-10-7-6-8-11-37/h6-8,10-11,22-24,31-34,43,57,59-60,65,68H,5,9,12-21,25-28H2,1-4H3,(H,58,66). The summed E-state index contributed by atoms with van der Waals surface area (Å²) in [6, 6.07) is 13.3. The third-order valence-corrected chi connectivity index (χ3v) is 16.7. The zero-order valence-electron chi connectivity index (χ0n) is 39.6. The molecule has 5 N–H and O–H groups in total. The summed E-state index contributed by atoms with van der Waals surface area (Å²) in [5.74, 6) is -0.565. The SMILES string of the molecule is CCCC(=O)C1CCC(CNc2cc(CO)c3c4c(CO)cc(=O)c5c(O)c(OC)c6c(c7c(c(CCC8CCC(C(=O)NCPc9ccccc9)CC8)c(=O)c2c37)C=C(C)C6C(C)=O)c54)CC1. The van der Waals surface area contributed by atoms with Crippen molar-refractivity contribution in [3.63, 3.8) is 0 Å². The highest BCUT2D eigenvalue weighted by atomic mass is 31.1. The molecule has 6 aromatic rings. The van der Waals surface area contributed by atoms with E-state index in [9.17, 15) is 34.5 Å². The van der Waals surface area contributed by atoms with Crippen LogP contribution in [0.15, 0.2) is 57.6 Å². The van der Waals surface area contributed by atoms with Crippen LogP contribution in [0.2, 0.25) is 0 Å². The first-order valence-corrected chi connectivity index (χ1v) is 25.8. The van der Waals surface area contributed by atoms with E-state index in [0.29, 0.717) is 118 Å². The number of carbonyl (C=O) groups excluding carboxylic acids is 3. The molecule has 9 rings (SSSR count). The molecule has 2 saturated carbocycles. The lowest BCUT2D eigenvalue weighted by molar-refractivity contribution is -0.126. The van der Waals surface area contributed by atoms with E-state index in [2.05, 4.69) is 22.8 Å². The van der Waals surface area contributed by atoms with Crippen LogP contribution in [0.3, 0.4) is 0 Å². The Kier molecular flexibility index (Phi) is 13.9. The maximum absolute atomic E-state index is 15.8. The Bertz CT molecular complexity index is 3080. The van der Waals surface area contributed by atoms with E-state index in [0.717, 1.165) is 57.8 Å². The van der Waals surface area contributed by atoms with E-state index in [-0.39, 0.29) is 57.5 Å². The number of nitrogens with one attached hydrogen (secondary N) is 2. The van der Waals surface area contributed by atoms with Crippen molar-refractivity contribution < 1.29 is 34.4 Å². The number of methoxy groups -OCH3 is 1. The minimum atomic E-state index is -0.907. The van der Waals surface area contributed by atoms with Crippen LogP contribution in [0.4, 0.5) is 5.69 Å². The third kappa shape index (κ3) is 8.43. The van der Waals surface area contributed by atoms with Gasteiger partial charge in [-0.05, 0) is 152 Å². The molecule has 0 saturated heterocycles. The number of fused-ring (bicyclic) bond motifs is 1. The van der Waals surface area contributed by atoms with Crippen molar-refractivity contribution in [3.05, 3.63) is 96.3 Å². The molecule has 11 nitrogen and oxygen atoms in total. The number of hydrogen-bond acceptors (Lipinski definition) is 10. The molecule has 2 fully saturated rings. The minimum Gasteiger partial charge on any atom is -0.504 e. The quantitative estimate of drug-likeness (QED) is 0.0337. The molecular weight excluding hydrogens is 876 g/mol. The molecule has 0 bridgehead atoms. The fraction of sp³-hybridized carbons (Fsp3) is 0.446. The van der Waals surface area contributed by atoms with E-state index in [1.165, 1.54) is 25.4 Å². The largest absolute Gasteiger partial charge is 0.504 e. The maximum Gasteiger partial charge on any atom is 0.223 e. The Morgan fingerprint density at radius 1 is 0.794 bits per heavy atom. The third-order valence-electron chi connectivity index (χ3n) is 15.6. The predicted molar refractivity (Wildman–Crippen MR) is 274 cm³/mol. The van der Waals surface area contributed by atoms with Gasteiger partial charge in [-0.1, -0.05) is 57.5 Å². The number of aliphatic hydroxyl groups is 2. The van der Waals surface area contributed by atoms with Crippen LogP contribution in [0.1, 0.15) is 125 Å². The molecule has 0 aliphatic heterocycles. The van der Waals surface area contributed by atoms with Gasteiger partial charge in [0.2, 0.25) is 5.91 Å². The molecule has 356 valence electrons. The van der Waals surface area contributed by atoms with Gasteiger partial charge in [-0.2, -0.15) is 0 Å². The number of rotatable bonds is 17. The summed E-state index contributed by atoms with van der Waals surface area (Å²) < 4.78 is 5.97. The summed E-state index contributed by atoms with van der Waals surface area (Å²) in [6.45, 7) is 4.96. The van der Waals surface area contributed by atoms with Gasteiger partial charge < -0.3 is 30.7 Å². The normalized spacial score (nSPS) is 20.7. The fourth-order valence-electron chi connectivity index (χ4n) is 12.3. The van der Waals surface area contributed by atoms with Crippen LogP contribution in [0, 0.1) is 23.7 Å². The fourth-order valence-corrected chi connectivity index (χ4v) is 13.2. The van der Waals surface area contributed by atoms with Gasteiger partial charge >= 0.3 is 0 Å². The van der Waals surface area contributed by atoms with Gasteiger partial charge in [0, 0.05) is 58.7 Å². The van der Waals surface area contributed by atoms with E-state index in [1.54, 1.807) is 0 Å². The number of aliphatic hydroxyl groups excluding tert-OH is 2. The van der Waals surface area contributed by atoms with E-state index in [4.69, 9.17) is 4.74 Å². The zero-order chi connectivity index (χ0) is 48.0. The van der Waals surface area contributed by atoms with Crippen molar-refractivity contribution in [3.8, 4) is 11.5 Å². The number of carbonyl (C=O) groups is 3. The number of amides is 1. The molecule has 3 aliphatic rings. The second-order valence-electron chi connectivity index (χ2n) is 19.7. The molecule has 12 heteroatoms. The summed E-state index contributed by atoms with van der Waals surface area (Å²) in [5.41, 5.74) is 2.87. The van der Waals surface area contributed by atoms with Gasteiger partial charge in [-0.25, -0.2) is 0 Å². The van der Waals surface area contributed by atoms with Crippen molar-refractivity contribution in [2.75, 3.05) is 25.3 Å². The Balaban J connectivity index is 1.19. The van der Waals surface area contributed by atoms with Gasteiger partial charge in [-0.3, -0.25) is 24.0 Å². The number of hydrogen-bond donors (Lipinski definition) is 5. The van der Waals surface area contributed by atoms with Crippen LogP contribution in [0.25, 0.3) is 49.2 Å². The van der Waals surface area contributed by atoms with Crippen LogP contribution in [-0.2, 0) is 34.0 Å². The lowest BCUT2D eigenvalue weighted by atomic mass is 9.77. The monoisotopic (exact) mass is 938 g/mol. The lowest BCUT2D eigenvalue weighted by Crippen LogP contribution is -2.33. The Morgan fingerprint density at radius 2 is 1.44 bits per heavy atom. The van der Waals surface area contributed by atoms with E-state index in [1.807, 2.05) is 44.2 Å². The topological polar surface area (TPSA) is 179 Å². The lowest BCUT2D eigenvalue weighted by Gasteiger charge is -2.29. The highest BCUT2D eigenvalue weighted by Crippen LogP contribution is 2.56. The van der Waals surface area contributed by atoms with Crippen LogP contribution in [-0.4, -0.2) is 52.7 Å². The first-order chi connectivity index (χ1) is 32.9. The number of Topliss-reactive ketones (excluding diaryl/α,β-unsaturated/α-hetero) is 2. The van der Waals surface area contributed by atoms with Gasteiger partial charge in [0.25, 0.3) is 0 Å². The second kappa shape index (κ2) is 19.9. The smallest absolute Gasteiger partial charge is 0.223 e. The molecule has 0 radical (unpaired) electrons. The van der Waals surface area contributed by atoms with Crippen LogP contribution >= 0.6 is 8.58 Å². The van der Waals surface area contributed by atoms with E-state index >= 15 is 4.79 Å². The van der Waals surface area contributed by atoms with Crippen molar-refractivity contribution in [2.45, 2.75) is 117 Å². The van der Waals surface area contributed by atoms with Crippen molar-refractivity contribution in [2.24, 2.45) is 23.7 Å². The first-order valence-electron chi connectivity index (χ1n) is 24.6. The molecule has 2 atom stereocenters. The number of allylic oxidation sites excluding steroid dienone is 1. The number of benzene rings is 6. The Labute approximate surface area is 398 Å². The van der Waals surface area contributed by atoms with Crippen molar-refractivity contribution >= 4 is 86.2 Å². The Hall–Kier alpha value is -5.48. The maximum atomic E-state index is 15.8. The molecule has 0 aromatic heterocycles. The molecule has 0 heterocycles. The summed E-state index contributed by atoms with van der Waals surface area (Å²) in [4.78, 5) is 70.0. The predicted octanol–water partition coefficient (Wildman–Crippen LogP) is 9.09. The van der Waals surface area contributed by atoms with Gasteiger partial charge in [0.05, 0.1) is 37.0 Å². The number of phenols is 1. The minimum absolute atomic E-state index is 0.00321. The Morgan fingerprint density at radius 3 is 2.09 bits per heavy atom. The molecule has 0 spiro atoms. The highest BCUT2D eigenvalue weighted by molar-refractivity contribution is 7.47. The number of ketones is 2. The number of ether oxygens (including phenoxy) is 1. The molecule has 3 aliphatic carbocycles. The summed E-state index contributed by atoms with van der Waals surface area (Å²) in [5, 5.41) is 45.8. The summed E-state index contributed by atoms with van der Waals surface area (Å²) in [6.07, 6.45) is 11.7. The number of aromatic hydroxyl groups is 1. The molecular formula is C56H63N2O9P. The average molecular weight is 939 g/mol. The summed E-state index contributed by atoms with van der Waals surface area (Å²) in [7, 11) is 1.90. The van der Waals surface area contributed by atoms with Crippen LogP contribution < -0.4 is 31.5 Å². The van der Waals surface area contributed by atoms with Crippen molar-refractivity contribution in [1.29, 1.82) is 0 Å². The molecule has 68 heavy (non-hydrogen) atoms. The van der Waals surface area contributed by atoms with Crippen molar-refractivity contribution in [1.82, 2.24) is 5.32 Å². The van der Waals surface area contributed by atoms with E-state index < -0.39 is 30.3 Å². The molecule has 2 unspecified atom stereocenters. The first kappa shape index (κ1) is 47.6. The van der Waals surface area contributed by atoms with Gasteiger partial charge in [0.15, 0.2) is 22.4 Å². The van der Waals surface area contributed by atoms with Crippen LogP contribution in [0.5, 0.6) is 11.5 Å². The summed E-state index contributed by atoms with van der Waals surface area (Å²) >= 11 is 0. The second-order valence-corrected chi connectivity index (χ2v) is 21.0. The number of anilines is 1. The molecule has 1 amide bonds. The molecule has 6 aromatic carbocycles. The zero-order valence-corrected chi connectivity index (χ0v) is 40.6.